The summed E-state index contributed by atoms with van der Waals surface area (Å²) in [6, 6.07) is 13.9. The summed E-state index contributed by atoms with van der Waals surface area (Å²) in [5, 5.41) is 12.8. The molecule has 11 heteroatoms. The lowest BCUT2D eigenvalue weighted by Gasteiger charge is -2.19. The molecule has 2 unspecified atom stereocenters. The third kappa shape index (κ3) is 14.2. The van der Waals surface area contributed by atoms with E-state index < -0.39 is 35.7 Å². The zero-order valence-corrected chi connectivity index (χ0v) is 26.4. The highest BCUT2D eigenvalue weighted by Crippen LogP contribution is 2.21. The molecule has 0 bridgehead atoms. The molecule has 5 amide bonds. The van der Waals surface area contributed by atoms with Gasteiger partial charge in [0.25, 0.3) is 5.91 Å². The third-order valence-electron chi connectivity index (χ3n) is 7.26. The second kappa shape index (κ2) is 21.2. The number of benzene rings is 2. The Balaban J connectivity index is 1.82. The van der Waals surface area contributed by atoms with Crippen molar-refractivity contribution in [2.45, 2.75) is 83.7 Å². The monoisotopic (exact) mass is 621 g/mol. The van der Waals surface area contributed by atoms with Crippen molar-refractivity contribution >= 4 is 36.3 Å². The van der Waals surface area contributed by atoms with Gasteiger partial charge in [-0.15, -0.1) is 0 Å². The molecule has 2 aromatic carbocycles. The van der Waals surface area contributed by atoms with Crippen LogP contribution in [0.25, 0.3) is 11.1 Å². The molecule has 0 aliphatic heterocycles. The fourth-order valence-electron chi connectivity index (χ4n) is 4.62. The summed E-state index contributed by atoms with van der Waals surface area (Å²) in [6.07, 6.45) is 8.09. The van der Waals surface area contributed by atoms with Gasteiger partial charge in [0, 0.05) is 12.1 Å². The number of aryl methyl sites for hydroxylation is 1. The van der Waals surface area contributed by atoms with E-state index in [1.54, 1.807) is 12.1 Å². The van der Waals surface area contributed by atoms with Crippen LogP contribution in [0.2, 0.25) is 0 Å². The quantitative estimate of drug-likeness (QED) is 0.100. The van der Waals surface area contributed by atoms with Gasteiger partial charge in [-0.3, -0.25) is 24.0 Å². The lowest BCUT2D eigenvalue weighted by molar-refractivity contribution is -0.130. The lowest BCUT2D eigenvalue weighted by Crippen LogP contribution is -2.51. The van der Waals surface area contributed by atoms with Gasteiger partial charge in [0.05, 0.1) is 19.1 Å². The molecule has 244 valence electrons. The summed E-state index contributed by atoms with van der Waals surface area (Å²) in [6.45, 7) is 3.93. The predicted octanol–water partition coefficient (Wildman–Crippen LogP) is 2.82. The van der Waals surface area contributed by atoms with E-state index in [9.17, 15) is 28.8 Å². The van der Waals surface area contributed by atoms with Crippen LogP contribution in [0.15, 0.2) is 48.5 Å². The molecule has 0 spiro atoms. The van der Waals surface area contributed by atoms with E-state index in [4.69, 9.17) is 0 Å². The molecule has 5 N–H and O–H groups in total. The van der Waals surface area contributed by atoms with Crippen LogP contribution >= 0.6 is 0 Å². The van der Waals surface area contributed by atoms with E-state index in [1.807, 2.05) is 19.1 Å². The molecule has 2 atom stereocenters. The number of carbonyl (C=O) groups excluding carboxylic acids is 6. The van der Waals surface area contributed by atoms with Crippen LogP contribution in [0.1, 0.15) is 81.1 Å². The Kier molecular flexibility index (Phi) is 17.3. The van der Waals surface area contributed by atoms with E-state index in [0.717, 1.165) is 36.8 Å². The van der Waals surface area contributed by atoms with Crippen molar-refractivity contribution in [3.05, 3.63) is 59.7 Å². The first-order chi connectivity index (χ1) is 21.8. The van der Waals surface area contributed by atoms with Crippen molar-refractivity contribution in [3.8, 4) is 11.1 Å². The molecule has 45 heavy (non-hydrogen) atoms. The van der Waals surface area contributed by atoms with Gasteiger partial charge in [0.15, 0.2) is 0 Å². The maximum absolute atomic E-state index is 12.8. The molecule has 0 aromatic heterocycles. The standard InChI is InChI=1S/C34H47N5O6/c1-3-5-9-25-12-14-26(15-13-25)27-16-18-28(19-17-27)33(44)36-22-32(43)39-30(11-6-4-2)34(45)37-21-31(42)38-29(23-40)10-7-8-20-35-24-41/h12-19,23-24,29-30H,3-11,20-22H2,1-2H3,(H,35,41)(H,36,44)(H,37,45)(H,38,42)(H,39,43). The topological polar surface area (TPSA) is 163 Å². The van der Waals surface area contributed by atoms with Gasteiger partial charge in [-0.1, -0.05) is 69.5 Å². The summed E-state index contributed by atoms with van der Waals surface area (Å²) < 4.78 is 0. The van der Waals surface area contributed by atoms with Gasteiger partial charge >= 0.3 is 0 Å². The lowest BCUT2D eigenvalue weighted by atomic mass is 10.0. The number of amides is 5. The van der Waals surface area contributed by atoms with Crippen LogP contribution < -0.4 is 26.6 Å². The van der Waals surface area contributed by atoms with E-state index in [2.05, 4.69) is 57.8 Å². The molecule has 0 aliphatic carbocycles. The Hall–Kier alpha value is -4.54. The van der Waals surface area contributed by atoms with Gasteiger partial charge in [-0.05, 0) is 67.3 Å². The fourth-order valence-corrected chi connectivity index (χ4v) is 4.62. The normalized spacial score (nSPS) is 11.9. The van der Waals surface area contributed by atoms with Crippen molar-refractivity contribution in [2.24, 2.45) is 0 Å². The third-order valence-corrected chi connectivity index (χ3v) is 7.26. The molecule has 0 fully saturated rings. The van der Waals surface area contributed by atoms with E-state index in [0.29, 0.717) is 56.9 Å². The Labute approximate surface area is 265 Å². The summed E-state index contributed by atoms with van der Waals surface area (Å²) in [5.41, 5.74) is 3.74. The van der Waals surface area contributed by atoms with E-state index in [-0.39, 0.29) is 13.1 Å². The van der Waals surface area contributed by atoms with Crippen LogP contribution in [0, 0.1) is 0 Å². The molecule has 0 aliphatic rings. The molecular formula is C34H47N5O6. The minimum atomic E-state index is -0.887. The number of carbonyl (C=O) groups is 6. The molecular weight excluding hydrogens is 574 g/mol. The molecule has 11 nitrogen and oxygen atoms in total. The Bertz CT molecular complexity index is 1230. The van der Waals surface area contributed by atoms with Gasteiger partial charge in [-0.25, -0.2) is 0 Å². The number of rotatable bonds is 22. The molecule has 2 rings (SSSR count). The largest absolute Gasteiger partial charge is 0.359 e. The molecule has 0 saturated carbocycles. The number of hydrogen-bond acceptors (Lipinski definition) is 6. The zero-order valence-electron chi connectivity index (χ0n) is 26.4. The van der Waals surface area contributed by atoms with Gasteiger partial charge in [0.2, 0.25) is 24.1 Å². The summed E-state index contributed by atoms with van der Waals surface area (Å²) in [4.78, 5) is 72.0. The van der Waals surface area contributed by atoms with Crippen molar-refractivity contribution in [1.82, 2.24) is 26.6 Å². The first kappa shape index (κ1) is 36.7. The van der Waals surface area contributed by atoms with Crippen molar-refractivity contribution in [1.29, 1.82) is 0 Å². The van der Waals surface area contributed by atoms with Gasteiger partial charge < -0.3 is 31.4 Å². The molecule has 0 heterocycles. The average Bonchev–Trinajstić information content (AvgIpc) is 3.06. The maximum atomic E-state index is 12.8. The number of unbranched alkanes of at least 4 members (excludes halogenated alkanes) is 3. The van der Waals surface area contributed by atoms with E-state index >= 15 is 0 Å². The number of aldehydes is 1. The van der Waals surface area contributed by atoms with Crippen LogP contribution in [-0.4, -0.2) is 68.0 Å². The minimum absolute atomic E-state index is 0.320. The van der Waals surface area contributed by atoms with Crippen molar-refractivity contribution in [2.75, 3.05) is 19.6 Å². The zero-order chi connectivity index (χ0) is 32.9. The first-order valence-corrected chi connectivity index (χ1v) is 15.8. The van der Waals surface area contributed by atoms with Crippen molar-refractivity contribution in [3.63, 3.8) is 0 Å². The average molecular weight is 622 g/mol. The Morgan fingerprint density at radius 2 is 1.33 bits per heavy atom. The highest BCUT2D eigenvalue weighted by Gasteiger charge is 2.22. The maximum Gasteiger partial charge on any atom is 0.251 e. The fraction of sp³-hybridized carbons (Fsp3) is 0.471. The minimum Gasteiger partial charge on any atom is -0.359 e. The molecule has 2 aromatic rings. The summed E-state index contributed by atoms with van der Waals surface area (Å²) in [7, 11) is 0. The Morgan fingerprint density at radius 1 is 0.711 bits per heavy atom. The van der Waals surface area contributed by atoms with Crippen molar-refractivity contribution < 1.29 is 28.8 Å². The van der Waals surface area contributed by atoms with Crippen LogP contribution in [0.3, 0.4) is 0 Å². The number of nitrogens with one attached hydrogen (secondary N) is 5. The Morgan fingerprint density at radius 3 is 1.96 bits per heavy atom. The van der Waals surface area contributed by atoms with E-state index in [1.165, 1.54) is 5.56 Å². The first-order valence-electron chi connectivity index (χ1n) is 15.8. The smallest absolute Gasteiger partial charge is 0.251 e. The number of hydrogen-bond donors (Lipinski definition) is 5. The van der Waals surface area contributed by atoms with Crippen LogP contribution in [-0.2, 0) is 30.4 Å². The highest BCUT2D eigenvalue weighted by molar-refractivity contribution is 5.97. The predicted molar refractivity (Wildman–Crippen MR) is 173 cm³/mol. The SMILES string of the molecule is CCCCc1ccc(-c2ccc(C(=O)NCC(=O)NC(CCCC)C(=O)NCC(=O)NC(C=O)CCCCNC=O)cc2)cc1. The van der Waals surface area contributed by atoms with Crippen LogP contribution in [0.4, 0.5) is 0 Å². The second-order valence-electron chi connectivity index (χ2n) is 10.9. The van der Waals surface area contributed by atoms with Gasteiger partial charge in [0.1, 0.15) is 12.3 Å². The molecule has 0 radical (unpaired) electrons. The highest BCUT2D eigenvalue weighted by atomic mass is 16.2. The van der Waals surface area contributed by atoms with Crippen LogP contribution in [0.5, 0.6) is 0 Å². The summed E-state index contributed by atoms with van der Waals surface area (Å²) in [5.74, 6) is -2.01. The van der Waals surface area contributed by atoms with Gasteiger partial charge in [-0.2, -0.15) is 0 Å². The second-order valence-corrected chi connectivity index (χ2v) is 10.9. The summed E-state index contributed by atoms with van der Waals surface area (Å²) >= 11 is 0. The molecule has 0 saturated heterocycles.